The number of fused-ring (bicyclic) bond motifs is 1. The van der Waals surface area contributed by atoms with Crippen molar-refractivity contribution in [1.29, 1.82) is 0 Å². The highest BCUT2D eigenvalue weighted by atomic mass is 16.1. The highest BCUT2D eigenvalue weighted by Crippen LogP contribution is 2.28. The summed E-state index contributed by atoms with van der Waals surface area (Å²) >= 11 is 0. The molecule has 2 aromatic carbocycles. The van der Waals surface area contributed by atoms with Gasteiger partial charge in [-0.25, -0.2) is 4.79 Å². The molecule has 0 bridgehead atoms. The zero-order chi connectivity index (χ0) is 11.8. The lowest BCUT2D eigenvalue weighted by atomic mass is 10.0. The average molecular weight is 225 g/mol. The van der Waals surface area contributed by atoms with Gasteiger partial charge in [0.15, 0.2) is 0 Å². The van der Waals surface area contributed by atoms with Gasteiger partial charge in [0.2, 0.25) is 0 Å². The second kappa shape index (κ2) is 3.52. The molecule has 4 nitrogen and oxygen atoms in total. The van der Waals surface area contributed by atoms with Crippen molar-refractivity contribution in [3.05, 3.63) is 52.9 Å². The van der Waals surface area contributed by atoms with Gasteiger partial charge in [-0.05, 0) is 17.7 Å². The van der Waals surface area contributed by atoms with Crippen LogP contribution >= 0.6 is 0 Å². The van der Waals surface area contributed by atoms with Gasteiger partial charge in [0.25, 0.3) is 0 Å². The zero-order valence-electron chi connectivity index (χ0n) is 9.03. The molecule has 3 rings (SSSR count). The fourth-order valence-electron chi connectivity index (χ4n) is 1.97. The van der Waals surface area contributed by atoms with E-state index in [0.717, 1.165) is 22.2 Å². The molecule has 0 aliphatic rings. The van der Waals surface area contributed by atoms with Crippen molar-refractivity contribution < 1.29 is 0 Å². The number of nitrogens with two attached hydrogens (primary N) is 1. The van der Waals surface area contributed by atoms with Crippen LogP contribution in [-0.2, 0) is 0 Å². The van der Waals surface area contributed by atoms with Gasteiger partial charge in [-0.3, -0.25) is 0 Å². The lowest BCUT2D eigenvalue weighted by Crippen LogP contribution is -1.99. The summed E-state index contributed by atoms with van der Waals surface area (Å²) in [5.74, 6) is 0. The Hall–Kier alpha value is -2.49. The van der Waals surface area contributed by atoms with Crippen molar-refractivity contribution >= 4 is 16.7 Å². The van der Waals surface area contributed by atoms with E-state index in [9.17, 15) is 4.79 Å². The van der Waals surface area contributed by atoms with Crippen molar-refractivity contribution in [3.8, 4) is 11.1 Å². The molecule has 4 heteroatoms. The predicted molar refractivity (Wildman–Crippen MR) is 68.8 cm³/mol. The van der Waals surface area contributed by atoms with E-state index < -0.39 is 0 Å². The summed E-state index contributed by atoms with van der Waals surface area (Å²) in [5, 5.41) is 0. The SMILES string of the molecule is Nc1cc2[nH]c(=O)[nH]c2cc1-c1ccccc1. The number of nitrogen functional groups attached to an aromatic ring is 1. The third-order valence-corrected chi connectivity index (χ3v) is 2.77. The number of anilines is 1. The summed E-state index contributed by atoms with van der Waals surface area (Å²) in [6.45, 7) is 0. The number of aromatic amines is 2. The second-order valence-corrected chi connectivity index (χ2v) is 3.93. The molecule has 3 aromatic rings. The van der Waals surface area contributed by atoms with E-state index in [0.29, 0.717) is 5.69 Å². The molecule has 0 spiro atoms. The van der Waals surface area contributed by atoms with Crippen LogP contribution in [0.4, 0.5) is 5.69 Å². The third-order valence-electron chi connectivity index (χ3n) is 2.77. The molecule has 17 heavy (non-hydrogen) atoms. The lowest BCUT2D eigenvalue weighted by molar-refractivity contribution is 1.22. The fourth-order valence-corrected chi connectivity index (χ4v) is 1.97. The van der Waals surface area contributed by atoms with Crippen LogP contribution < -0.4 is 11.4 Å². The number of aromatic nitrogens is 2. The first-order chi connectivity index (χ1) is 8.24. The minimum atomic E-state index is -0.218. The van der Waals surface area contributed by atoms with E-state index in [1.165, 1.54) is 0 Å². The van der Waals surface area contributed by atoms with Crippen molar-refractivity contribution in [2.45, 2.75) is 0 Å². The van der Waals surface area contributed by atoms with Crippen molar-refractivity contribution in [3.63, 3.8) is 0 Å². The molecular weight excluding hydrogens is 214 g/mol. The molecule has 0 saturated carbocycles. The number of nitrogens with one attached hydrogen (secondary N) is 2. The van der Waals surface area contributed by atoms with E-state index in [1.54, 1.807) is 6.07 Å². The van der Waals surface area contributed by atoms with Gasteiger partial charge in [-0.2, -0.15) is 0 Å². The van der Waals surface area contributed by atoms with Crippen LogP contribution in [-0.4, -0.2) is 9.97 Å². The Morgan fingerprint density at radius 3 is 2.29 bits per heavy atom. The summed E-state index contributed by atoms with van der Waals surface area (Å²) in [4.78, 5) is 16.6. The van der Waals surface area contributed by atoms with Crippen LogP contribution in [0.3, 0.4) is 0 Å². The molecule has 0 unspecified atom stereocenters. The van der Waals surface area contributed by atoms with Crippen LogP contribution in [0, 0.1) is 0 Å². The molecule has 0 saturated heterocycles. The second-order valence-electron chi connectivity index (χ2n) is 3.93. The van der Waals surface area contributed by atoms with Crippen LogP contribution in [0.15, 0.2) is 47.3 Å². The van der Waals surface area contributed by atoms with Gasteiger partial charge in [0, 0.05) is 11.3 Å². The van der Waals surface area contributed by atoms with Crippen LogP contribution in [0.5, 0.6) is 0 Å². The first-order valence-electron chi connectivity index (χ1n) is 5.31. The van der Waals surface area contributed by atoms with E-state index in [1.807, 2.05) is 36.4 Å². The first kappa shape index (κ1) is 9.72. The minimum absolute atomic E-state index is 0.218. The molecule has 0 aliphatic carbocycles. The zero-order valence-corrected chi connectivity index (χ0v) is 9.03. The fraction of sp³-hybridized carbons (Fsp3) is 0. The molecule has 0 atom stereocenters. The van der Waals surface area contributed by atoms with Gasteiger partial charge < -0.3 is 15.7 Å². The van der Waals surface area contributed by atoms with Crippen LogP contribution in [0.1, 0.15) is 0 Å². The maximum absolute atomic E-state index is 11.2. The summed E-state index contributed by atoms with van der Waals surface area (Å²) in [6, 6.07) is 13.5. The normalized spacial score (nSPS) is 10.8. The molecule has 84 valence electrons. The molecular formula is C13H11N3O. The highest BCUT2D eigenvalue weighted by molar-refractivity contribution is 5.89. The lowest BCUT2D eigenvalue weighted by Gasteiger charge is -2.05. The number of benzene rings is 2. The number of hydrogen-bond donors (Lipinski definition) is 3. The topological polar surface area (TPSA) is 74.7 Å². The molecule has 1 aromatic heterocycles. The number of hydrogen-bond acceptors (Lipinski definition) is 2. The summed E-state index contributed by atoms with van der Waals surface area (Å²) in [6.07, 6.45) is 0. The van der Waals surface area contributed by atoms with Crippen molar-refractivity contribution in [2.75, 3.05) is 5.73 Å². The monoisotopic (exact) mass is 225 g/mol. The Kier molecular flexibility index (Phi) is 2.01. The molecule has 0 aliphatic heterocycles. The van der Waals surface area contributed by atoms with Crippen molar-refractivity contribution in [2.24, 2.45) is 0 Å². The number of rotatable bonds is 1. The summed E-state index contributed by atoms with van der Waals surface area (Å²) < 4.78 is 0. The Bertz CT molecular complexity index is 725. The maximum Gasteiger partial charge on any atom is 0.323 e. The molecule has 1 heterocycles. The summed E-state index contributed by atoms with van der Waals surface area (Å²) in [7, 11) is 0. The molecule has 0 radical (unpaired) electrons. The smallest absolute Gasteiger partial charge is 0.323 e. The largest absolute Gasteiger partial charge is 0.398 e. The summed E-state index contributed by atoms with van der Waals surface area (Å²) in [5.41, 5.74) is 9.88. The van der Waals surface area contributed by atoms with Gasteiger partial charge in [0.05, 0.1) is 11.0 Å². The third kappa shape index (κ3) is 1.59. The Labute approximate surface area is 97.1 Å². The minimum Gasteiger partial charge on any atom is -0.398 e. The highest BCUT2D eigenvalue weighted by Gasteiger charge is 2.06. The predicted octanol–water partition coefficient (Wildman–Crippen LogP) is 2.11. The Balaban J connectivity index is 2.30. The Morgan fingerprint density at radius 1 is 0.941 bits per heavy atom. The molecule has 0 fully saturated rings. The van der Waals surface area contributed by atoms with Gasteiger partial charge >= 0.3 is 5.69 Å². The molecule has 4 N–H and O–H groups in total. The standard InChI is InChI=1S/C13H11N3O/c14-10-7-12-11(15-13(17)16-12)6-9(10)8-4-2-1-3-5-8/h1-7H,14H2,(H2,15,16,17). The van der Waals surface area contributed by atoms with Crippen LogP contribution in [0.2, 0.25) is 0 Å². The van der Waals surface area contributed by atoms with Gasteiger partial charge in [0.1, 0.15) is 0 Å². The van der Waals surface area contributed by atoms with E-state index in [-0.39, 0.29) is 5.69 Å². The van der Waals surface area contributed by atoms with Gasteiger partial charge in [-0.15, -0.1) is 0 Å². The number of H-pyrrole nitrogens is 2. The van der Waals surface area contributed by atoms with Gasteiger partial charge in [-0.1, -0.05) is 30.3 Å². The van der Waals surface area contributed by atoms with E-state index >= 15 is 0 Å². The van der Waals surface area contributed by atoms with Crippen LogP contribution in [0.25, 0.3) is 22.2 Å². The first-order valence-corrected chi connectivity index (χ1v) is 5.31. The maximum atomic E-state index is 11.2. The average Bonchev–Trinajstić information content (AvgIpc) is 2.68. The van der Waals surface area contributed by atoms with Crippen molar-refractivity contribution in [1.82, 2.24) is 9.97 Å². The Morgan fingerprint density at radius 2 is 1.59 bits per heavy atom. The quantitative estimate of drug-likeness (QED) is 0.555. The van der Waals surface area contributed by atoms with E-state index in [4.69, 9.17) is 5.73 Å². The molecule has 0 amide bonds. The number of imidazole rings is 1. The van der Waals surface area contributed by atoms with E-state index in [2.05, 4.69) is 9.97 Å².